The quantitative estimate of drug-likeness (QED) is 0.721. The van der Waals surface area contributed by atoms with Crippen LogP contribution in [0.2, 0.25) is 0 Å². The van der Waals surface area contributed by atoms with Gasteiger partial charge >= 0.3 is 0 Å². The smallest absolute Gasteiger partial charge is 0.119 e. The molecule has 0 atom stereocenters. The highest BCUT2D eigenvalue weighted by Crippen LogP contribution is 2.21. The van der Waals surface area contributed by atoms with Crippen LogP contribution < -0.4 is 10.1 Å². The van der Waals surface area contributed by atoms with Gasteiger partial charge in [0.05, 0.1) is 13.2 Å². The molecule has 0 amide bonds. The summed E-state index contributed by atoms with van der Waals surface area (Å²) in [6.45, 7) is 7.91. The van der Waals surface area contributed by atoms with Crippen LogP contribution in [0.1, 0.15) is 20.3 Å². The molecule has 1 heterocycles. The Morgan fingerprint density at radius 2 is 2.05 bits per heavy atom. The monoisotopic (exact) mass is 290 g/mol. The van der Waals surface area contributed by atoms with Gasteiger partial charge < -0.3 is 19.4 Å². The lowest BCUT2D eigenvalue weighted by Gasteiger charge is -2.09. The van der Waals surface area contributed by atoms with Gasteiger partial charge in [0.1, 0.15) is 5.75 Å². The van der Waals surface area contributed by atoms with Gasteiger partial charge in [-0.05, 0) is 51.1 Å². The van der Waals surface area contributed by atoms with E-state index in [0.717, 1.165) is 38.4 Å². The molecule has 4 heteroatoms. The minimum Gasteiger partial charge on any atom is -0.497 e. The maximum atomic E-state index is 5.52. The van der Waals surface area contributed by atoms with Gasteiger partial charge in [0.15, 0.2) is 0 Å². The van der Waals surface area contributed by atoms with E-state index in [0.29, 0.717) is 6.10 Å². The van der Waals surface area contributed by atoms with Gasteiger partial charge in [-0.15, -0.1) is 0 Å². The summed E-state index contributed by atoms with van der Waals surface area (Å²) in [5.41, 5.74) is 1.25. The maximum absolute atomic E-state index is 5.52. The Balaban J connectivity index is 1.74. The van der Waals surface area contributed by atoms with Crippen molar-refractivity contribution >= 4 is 10.9 Å². The van der Waals surface area contributed by atoms with Crippen LogP contribution in [0, 0.1) is 0 Å². The third-order valence-electron chi connectivity index (χ3n) is 3.46. The molecule has 2 rings (SSSR count). The van der Waals surface area contributed by atoms with Crippen LogP contribution in [0.5, 0.6) is 5.75 Å². The second-order valence-electron chi connectivity index (χ2n) is 5.46. The highest BCUT2D eigenvalue weighted by Gasteiger charge is 2.02. The van der Waals surface area contributed by atoms with Crippen molar-refractivity contribution in [2.24, 2.45) is 0 Å². The van der Waals surface area contributed by atoms with Crippen molar-refractivity contribution in [1.29, 1.82) is 0 Å². The second kappa shape index (κ2) is 8.05. The lowest BCUT2D eigenvalue weighted by atomic mass is 10.2. The van der Waals surface area contributed by atoms with Gasteiger partial charge in [-0.3, -0.25) is 0 Å². The molecule has 0 radical (unpaired) electrons. The third kappa shape index (κ3) is 4.76. The molecular formula is C17H26N2O2. The van der Waals surface area contributed by atoms with Gasteiger partial charge in [0, 0.05) is 36.8 Å². The van der Waals surface area contributed by atoms with Gasteiger partial charge in [-0.2, -0.15) is 0 Å². The average molecular weight is 290 g/mol. The Kier molecular flexibility index (Phi) is 6.08. The van der Waals surface area contributed by atoms with Crippen molar-refractivity contribution in [3.63, 3.8) is 0 Å². The molecule has 116 valence electrons. The van der Waals surface area contributed by atoms with Gasteiger partial charge in [0.25, 0.3) is 0 Å². The molecule has 0 aliphatic carbocycles. The molecule has 0 aliphatic rings. The highest BCUT2D eigenvalue weighted by atomic mass is 16.5. The van der Waals surface area contributed by atoms with E-state index in [1.54, 1.807) is 7.11 Å². The van der Waals surface area contributed by atoms with Crippen LogP contribution >= 0.6 is 0 Å². The van der Waals surface area contributed by atoms with E-state index in [-0.39, 0.29) is 0 Å². The van der Waals surface area contributed by atoms with Crippen LogP contribution in [0.3, 0.4) is 0 Å². The highest BCUT2D eigenvalue weighted by molar-refractivity contribution is 5.81. The van der Waals surface area contributed by atoms with Crippen molar-refractivity contribution in [3.8, 4) is 5.75 Å². The van der Waals surface area contributed by atoms with E-state index in [9.17, 15) is 0 Å². The predicted octanol–water partition coefficient (Wildman–Crippen LogP) is 3.05. The van der Waals surface area contributed by atoms with Crippen LogP contribution in [0.4, 0.5) is 0 Å². The fraction of sp³-hybridized carbons (Fsp3) is 0.529. The molecule has 0 fully saturated rings. The second-order valence-corrected chi connectivity index (χ2v) is 5.46. The molecule has 0 saturated carbocycles. The summed E-state index contributed by atoms with van der Waals surface area (Å²) in [4.78, 5) is 0. The predicted molar refractivity (Wildman–Crippen MR) is 87.1 cm³/mol. The molecule has 1 aromatic carbocycles. The fourth-order valence-electron chi connectivity index (χ4n) is 2.34. The molecule has 0 bridgehead atoms. The Bertz CT molecular complexity index is 549. The molecule has 0 saturated heterocycles. The number of rotatable bonds is 9. The summed E-state index contributed by atoms with van der Waals surface area (Å²) in [5, 5.41) is 4.68. The fourth-order valence-corrected chi connectivity index (χ4v) is 2.34. The van der Waals surface area contributed by atoms with E-state index in [1.165, 1.54) is 10.9 Å². The molecule has 1 aromatic heterocycles. The number of hydrogen-bond donors (Lipinski definition) is 1. The Morgan fingerprint density at radius 3 is 2.81 bits per heavy atom. The van der Waals surface area contributed by atoms with Crippen LogP contribution in [0.25, 0.3) is 10.9 Å². The number of ether oxygens (including phenoxy) is 2. The van der Waals surface area contributed by atoms with Crippen molar-refractivity contribution < 1.29 is 9.47 Å². The van der Waals surface area contributed by atoms with Crippen LogP contribution in [0.15, 0.2) is 30.5 Å². The molecule has 4 nitrogen and oxygen atoms in total. The molecule has 2 aromatic rings. The zero-order valence-electron chi connectivity index (χ0n) is 13.3. The first kappa shape index (κ1) is 15.9. The summed E-state index contributed by atoms with van der Waals surface area (Å²) in [6.07, 6.45) is 3.52. The zero-order chi connectivity index (χ0) is 15.1. The summed E-state index contributed by atoms with van der Waals surface area (Å²) in [6, 6.07) is 8.33. The number of hydrogen-bond acceptors (Lipinski definition) is 3. The number of nitrogens with zero attached hydrogens (tertiary/aromatic N) is 1. The van der Waals surface area contributed by atoms with E-state index < -0.39 is 0 Å². The number of nitrogens with one attached hydrogen (secondary N) is 1. The maximum Gasteiger partial charge on any atom is 0.119 e. The SMILES string of the molecule is COc1ccc2c(ccn2CCNCCCOC(C)C)c1. The summed E-state index contributed by atoms with van der Waals surface area (Å²) in [5.74, 6) is 0.906. The zero-order valence-corrected chi connectivity index (χ0v) is 13.3. The number of aromatic nitrogens is 1. The van der Waals surface area contributed by atoms with Crippen molar-refractivity contribution in [2.45, 2.75) is 32.9 Å². The topological polar surface area (TPSA) is 35.4 Å². The summed E-state index contributed by atoms with van der Waals surface area (Å²) >= 11 is 0. The first-order valence-corrected chi connectivity index (χ1v) is 7.66. The number of fused-ring (bicyclic) bond motifs is 1. The van der Waals surface area contributed by atoms with Crippen molar-refractivity contribution in [3.05, 3.63) is 30.5 Å². The Hall–Kier alpha value is -1.52. The molecule has 21 heavy (non-hydrogen) atoms. The van der Waals surface area contributed by atoms with E-state index in [4.69, 9.17) is 9.47 Å². The van der Waals surface area contributed by atoms with Crippen molar-refractivity contribution in [1.82, 2.24) is 9.88 Å². The van der Waals surface area contributed by atoms with E-state index in [1.807, 2.05) is 6.07 Å². The number of benzene rings is 1. The molecule has 0 unspecified atom stereocenters. The third-order valence-corrected chi connectivity index (χ3v) is 3.46. The molecule has 0 aliphatic heterocycles. The van der Waals surface area contributed by atoms with Gasteiger partial charge in [0.2, 0.25) is 0 Å². The normalized spacial score (nSPS) is 11.4. The molecular weight excluding hydrogens is 264 g/mol. The average Bonchev–Trinajstić information content (AvgIpc) is 2.88. The summed E-state index contributed by atoms with van der Waals surface area (Å²) < 4.78 is 13.0. The first-order valence-electron chi connectivity index (χ1n) is 7.66. The van der Waals surface area contributed by atoms with Gasteiger partial charge in [-0.25, -0.2) is 0 Å². The summed E-state index contributed by atoms with van der Waals surface area (Å²) in [7, 11) is 1.70. The van der Waals surface area contributed by atoms with Crippen LogP contribution in [-0.2, 0) is 11.3 Å². The van der Waals surface area contributed by atoms with E-state index in [2.05, 4.69) is 48.1 Å². The molecule has 0 spiro atoms. The van der Waals surface area contributed by atoms with E-state index >= 15 is 0 Å². The minimum absolute atomic E-state index is 0.327. The standard InChI is InChI=1S/C17H26N2O2/c1-14(2)21-12-4-8-18-9-11-19-10-7-15-13-16(20-3)5-6-17(15)19/h5-7,10,13-14,18H,4,8-9,11-12H2,1-3H3. The first-order chi connectivity index (χ1) is 10.2. The van der Waals surface area contributed by atoms with Crippen LogP contribution in [-0.4, -0.2) is 37.5 Å². The lowest BCUT2D eigenvalue weighted by Crippen LogP contribution is -2.22. The Labute approximate surface area is 127 Å². The molecule has 1 N–H and O–H groups in total. The lowest BCUT2D eigenvalue weighted by molar-refractivity contribution is 0.0771. The van der Waals surface area contributed by atoms with Crippen molar-refractivity contribution in [2.75, 3.05) is 26.8 Å². The Morgan fingerprint density at radius 1 is 1.19 bits per heavy atom. The minimum atomic E-state index is 0.327. The van der Waals surface area contributed by atoms with Gasteiger partial charge in [-0.1, -0.05) is 0 Å². The number of methoxy groups -OCH3 is 1. The largest absolute Gasteiger partial charge is 0.497 e.